The van der Waals surface area contributed by atoms with E-state index in [4.69, 9.17) is 4.74 Å². The van der Waals surface area contributed by atoms with Crippen molar-refractivity contribution in [3.05, 3.63) is 16.1 Å². The summed E-state index contributed by atoms with van der Waals surface area (Å²) in [5, 5.41) is 3.30. The van der Waals surface area contributed by atoms with Gasteiger partial charge in [-0.1, -0.05) is 0 Å². The molecule has 78 valence electrons. The summed E-state index contributed by atoms with van der Waals surface area (Å²) in [5.74, 6) is 0. The van der Waals surface area contributed by atoms with Gasteiger partial charge in [-0.25, -0.2) is 4.98 Å². The van der Waals surface area contributed by atoms with Crippen molar-refractivity contribution in [2.24, 2.45) is 0 Å². The van der Waals surface area contributed by atoms with Gasteiger partial charge >= 0.3 is 0 Å². The van der Waals surface area contributed by atoms with Gasteiger partial charge in [-0.15, -0.1) is 11.3 Å². The smallest absolute Gasteiger partial charge is 0.0897 e. The van der Waals surface area contributed by atoms with Gasteiger partial charge in [-0.05, 0) is 13.3 Å². The van der Waals surface area contributed by atoms with Crippen molar-refractivity contribution in [1.29, 1.82) is 0 Å². The van der Waals surface area contributed by atoms with Crippen LogP contribution in [0.2, 0.25) is 0 Å². The Labute approximate surface area is 88.7 Å². The molecular formula is C10H16N2OS. The predicted molar refractivity (Wildman–Crippen MR) is 57.5 cm³/mol. The quantitative estimate of drug-likeness (QED) is 0.762. The van der Waals surface area contributed by atoms with E-state index in [0.717, 1.165) is 31.1 Å². The minimum Gasteiger partial charge on any atom is -0.380 e. The fraction of sp³-hybridized carbons (Fsp3) is 0.700. The number of likely N-dealkylation sites (tertiary alicyclic amines) is 1. The van der Waals surface area contributed by atoms with E-state index in [2.05, 4.69) is 22.2 Å². The standard InChI is InChI=1S/C10H16N2OS/c1-8-11-9(7-14-8)5-12-4-3-10(6-12)13-2/h7,10H,3-6H2,1-2H3/t10-/m1/s1. The lowest BCUT2D eigenvalue weighted by Crippen LogP contribution is -2.22. The molecule has 1 aromatic heterocycles. The van der Waals surface area contributed by atoms with E-state index in [-0.39, 0.29) is 0 Å². The van der Waals surface area contributed by atoms with Crippen molar-refractivity contribution in [3.8, 4) is 0 Å². The van der Waals surface area contributed by atoms with Crippen molar-refractivity contribution in [2.75, 3.05) is 20.2 Å². The van der Waals surface area contributed by atoms with Gasteiger partial charge < -0.3 is 4.74 Å². The fourth-order valence-electron chi connectivity index (χ4n) is 1.84. The molecule has 2 heterocycles. The zero-order valence-electron chi connectivity index (χ0n) is 8.69. The maximum Gasteiger partial charge on any atom is 0.0897 e. The number of rotatable bonds is 3. The number of hydrogen-bond donors (Lipinski definition) is 0. The molecule has 1 fully saturated rings. The first-order chi connectivity index (χ1) is 6.78. The third kappa shape index (κ3) is 2.32. The lowest BCUT2D eigenvalue weighted by atomic mass is 10.3. The number of thiazole rings is 1. The Balaban J connectivity index is 1.87. The minimum absolute atomic E-state index is 0.426. The molecule has 14 heavy (non-hydrogen) atoms. The van der Waals surface area contributed by atoms with Gasteiger partial charge in [0.05, 0.1) is 16.8 Å². The third-order valence-electron chi connectivity index (χ3n) is 2.61. The highest BCUT2D eigenvalue weighted by Crippen LogP contribution is 2.16. The van der Waals surface area contributed by atoms with Gasteiger partial charge in [-0.3, -0.25) is 4.90 Å². The highest BCUT2D eigenvalue weighted by atomic mass is 32.1. The molecule has 0 spiro atoms. The van der Waals surface area contributed by atoms with Crippen molar-refractivity contribution < 1.29 is 4.74 Å². The number of hydrogen-bond acceptors (Lipinski definition) is 4. The third-order valence-corrected chi connectivity index (χ3v) is 3.44. The molecule has 0 bridgehead atoms. The number of aryl methyl sites for hydroxylation is 1. The normalized spacial score (nSPS) is 23.1. The molecular weight excluding hydrogens is 196 g/mol. The molecule has 1 aromatic rings. The van der Waals surface area contributed by atoms with E-state index >= 15 is 0 Å². The maximum atomic E-state index is 5.32. The molecule has 1 aliphatic rings. The molecule has 0 aromatic carbocycles. The fourth-order valence-corrected chi connectivity index (χ4v) is 2.45. The van der Waals surface area contributed by atoms with Crippen LogP contribution in [0.25, 0.3) is 0 Å². The van der Waals surface area contributed by atoms with Crippen molar-refractivity contribution in [1.82, 2.24) is 9.88 Å². The van der Waals surface area contributed by atoms with Crippen molar-refractivity contribution in [3.63, 3.8) is 0 Å². The van der Waals surface area contributed by atoms with Gasteiger partial charge in [0.2, 0.25) is 0 Å². The Morgan fingerprint density at radius 1 is 1.71 bits per heavy atom. The monoisotopic (exact) mass is 212 g/mol. The zero-order chi connectivity index (χ0) is 9.97. The van der Waals surface area contributed by atoms with Gasteiger partial charge in [0.15, 0.2) is 0 Å². The minimum atomic E-state index is 0.426. The summed E-state index contributed by atoms with van der Waals surface area (Å²) >= 11 is 1.73. The number of aromatic nitrogens is 1. The average Bonchev–Trinajstić information content (AvgIpc) is 2.76. The number of methoxy groups -OCH3 is 1. The van der Waals surface area contributed by atoms with E-state index in [9.17, 15) is 0 Å². The van der Waals surface area contributed by atoms with Gasteiger partial charge in [-0.2, -0.15) is 0 Å². The molecule has 1 atom stereocenters. The summed E-state index contributed by atoms with van der Waals surface area (Å²) in [6.45, 7) is 5.21. The average molecular weight is 212 g/mol. The molecule has 0 N–H and O–H groups in total. The van der Waals surface area contributed by atoms with Crippen LogP contribution in [0.3, 0.4) is 0 Å². The van der Waals surface area contributed by atoms with Crippen LogP contribution in [-0.4, -0.2) is 36.2 Å². The second kappa shape index (κ2) is 4.38. The van der Waals surface area contributed by atoms with E-state index in [1.165, 1.54) is 5.69 Å². The molecule has 4 heteroatoms. The molecule has 1 aliphatic heterocycles. The van der Waals surface area contributed by atoms with Crippen LogP contribution in [0, 0.1) is 6.92 Å². The Morgan fingerprint density at radius 2 is 2.57 bits per heavy atom. The Hall–Kier alpha value is -0.450. The second-order valence-corrected chi connectivity index (χ2v) is 4.80. The predicted octanol–water partition coefficient (Wildman–Crippen LogP) is 1.67. The summed E-state index contributed by atoms with van der Waals surface area (Å²) in [4.78, 5) is 6.87. The summed E-state index contributed by atoms with van der Waals surface area (Å²) in [6, 6.07) is 0. The van der Waals surface area contributed by atoms with Gasteiger partial charge in [0.25, 0.3) is 0 Å². The van der Waals surface area contributed by atoms with Crippen molar-refractivity contribution in [2.45, 2.75) is 26.0 Å². The van der Waals surface area contributed by atoms with Crippen LogP contribution in [0.1, 0.15) is 17.1 Å². The highest BCUT2D eigenvalue weighted by molar-refractivity contribution is 7.09. The molecule has 1 saturated heterocycles. The van der Waals surface area contributed by atoms with E-state index in [1.54, 1.807) is 18.4 Å². The molecule has 0 unspecified atom stereocenters. The first-order valence-corrected chi connectivity index (χ1v) is 5.82. The van der Waals surface area contributed by atoms with Crippen LogP contribution in [0.4, 0.5) is 0 Å². The van der Waals surface area contributed by atoms with Gasteiger partial charge in [0, 0.05) is 32.1 Å². The summed E-state index contributed by atoms with van der Waals surface area (Å²) in [5.41, 5.74) is 1.20. The van der Waals surface area contributed by atoms with E-state index in [1.807, 2.05) is 0 Å². The first kappa shape index (κ1) is 10.1. The molecule has 0 radical (unpaired) electrons. The van der Waals surface area contributed by atoms with Crippen LogP contribution in [0.5, 0.6) is 0 Å². The SMILES string of the molecule is CO[C@@H]1CCN(Cc2csc(C)n2)C1. The molecule has 0 aliphatic carbocycles. The maximum absolute atomic E-state index is 5.32. The van der Waals surface area contributed by atoms with Crippen LogP contribution >= 0.6 is 11.3 Å². The molecule has 0 amide bonds. The van der Waals surface area contributed by atoms with Crippen LogP contribution < -0.4 is 0 Å². The largest absolute Gasteiger partial charge is 0.380 e. The Morgan fingerprint density at radius 3 is 3.14 bits per heavy atom. The Bertz CT molecular complexity index is 300. The topological polar surface area (TPSA) is 25.4 Å². The summed E-state index contributed by atoms with van der Waals surface area (Å²) in [7, 11) is 1.79. The highest BCUT2D eigenvalue weighted by Gasteiger charge is 2.22. The Kier molecular flexibility index (Phi) is 3.15. The lowest BCUT2D eigenvalue weighted by Gasteiger charge is -2.13. The first-order valence-electron chi connectivity index (χ1n) is 4.94. The van der Waals surface area contributed by atoms with Crippen molar-refractivity contribution >= 4 is 11.3 Å². The molecule has 0 saturated carbocycles. The van der Waals surface area contributed by atoms with Gasteiger partial charge in [0.1, 0.15) is 0 Å². The van der Waals surface area contributed by atoms with Crippen LogP contribution in [-0.2, 0) is 11.3 Å². The van der Waals surface area contributed by atoms with Crippen LogP contribution in [0.15, 0.2) is 5.38 Å². The van der Waals surface area contributed by atoms with E-state index < -0.39 is 0 Å². The second-order valence-electron chi connectivity index (χ2n) is 3.74. The summed E-state index contributed by atoms with van der Waals surface area (Å²) in [6.07, 6.45) is 1.58. The summed E-state index contributed by atoms with van der Waals surface area (Å²) < 4.78 is 5.32. The molecule has 2 rings (SSSR count). The zero-order valence-corrected chi connectivity index (χ0v) is 9.51. The molecule has 3 nitrogen and oxygen atoms in total. The van der Waals surface area contributed by atoms with E-state index in [0.29, 0.717) is 6.10 Å². The number of ether oxygens (including phenoxy) is 1. The number of nitrogens with zero attached hydrogens (tertiary/aromatic N) is 2. The lowest BCUT2D eigenvalue weighted by molar-refractivity contribution is 0.107.